The average molecular weight is 468 g/mol. The number of fused-ring (bicyclic) bond motifs is 1. The van der Waals surface area contributed by atoms with E-state index in [1.165, 1.54) is 21.2 Å². The molecule has 2 aliphatic rings. The second-order valence-electron chi connectivity index (χ2n) is 8.28. The summed E-state index contributed by atoms with van der Waals surface area (Å²) in [4.78, 5) is 20.5. The van der Waals surface area contributed by atoms with Crippen molar-refractivity contribution >= 4 is 27.3 Å². The lowest BCUT2D eigenvalue weighted by atomic mass is 10.1. The molecule has 32 heavy (non-hydrogen) atoms. The molecule has 2 aromatic carbocycles. The number of aryl methyl sites for hydroxylation is 3. The Morgan fingerprint density at radius 3 is 2.44 bits per heavy atom. The maximum absolute atomic E-state index is 13.2. The molecular weight excluding hydrogens is 442 g/mol. The number of amides is 1. The number of benzene rings is 2. The predicted octanol–water partition coefficient (Wildman–Crippen LogP) is 3.75. The lowest BCUT2D eigenvalue weighted by Crippen LogP contribution is -2.50. The fourth-order valence-electron chi connectivity index (χ4n) is 4.43. The summed E-state index contributed by atoms with van der Waals surface area (Å²) in [6, 6.07) is 15.3. The zero-order valence-electron chi connectivity index (χ0n) is 18.0. The van der Waals surface area contributed by atoms with E-state index >= 15 is 0 Å². The fraction of sp³-hybridized carbons (Fsp3) is 0.333. The van der Waals surface area contributed by atoms with Crippen LogP contribution in [0.15, 0.2) is 53.4 Å². The molecule has 0 atom stereocenters. The van der Waals surface area contributed by atoms with Gasteiger partial charge in [-0.15, -0.1) is 11.3 Å². The molecular formula is C24H25N3O3S2. The molecule has 0 saturated carbocycles. The molecule has 2 heterocycles. The first-order chi connectivity index (χ1) is 15.4. The minimum Gasteiger partial charge on any atom is -0.335 e. The molecule has 166 valence electrons. The van der Waals surface area contributed by atoms with Crippen LogP contribution >= 0.6 is 11.3 Å². The van der Waals surface area contributed by atoms with Crippen LogP contribution in [0.3, 0.4) is 0 Å². The summed E-state index contributed by atoms with van der Waals surface area (Å²) in [6.07, 6.45) is 3.06. The number of sulfonamides is 1. The number of carbonyl (C=O) groups excluding carboxylic acids is 1. The van der Waals surface area contributed by atoms with E-state index in [9.17, 15) is 13.2 Å². The van der Waals surface area contributed by atoms with Crippen LogP contribution < -0.4 is 0 Å². The summed E-state index contributed by atoms with van der Waals surface area (Å²) in [5, 5.41) is 0.823. The minimum atomic E-state index is -3.55. The molecule has 8 heteroatoms. The number of hydrogen-bond acceptors (Lipinski definition) is 5. The molecule has 0 bridgehead atoms. The summed E-state index contributed by atoms with van der Waals surface area (Å²) in [5.41, 5.74) is 4.11. The number of hydrogen-bond donors (Lipinski definition) is 0. The second-order valence-corrected chi connectivity index (χ2v) is 11.2. The van der Waals surface area contributed by atoms with Gasteiger partial charge in [0.25, 0.3) is 5.91 Å². The molecule has 5 rings (SSSR count). The van der Waals surface area contributed by atoms with Gasteiger partial charge >= 0.3 is 0 Å². The molecule has 0 N–H and O–H groups in total. The van der Waals surface area contributed by atoms with Gasteiger partial charge in [0.15, 0.2) is 0 Å². The molecule has 0 radical (unpaired) electrons. The normalized spacial score (nSPS) is 16.8. The van der Waals surface area contributed by atoms with Crippen LogP contribution in [0.4, 0.5) is 0 Å². The van der Waals surface area contributed by atoms with Crippen LogP contribution in [0.1, 0.15) is 32.9 Å². The fourth-order valence-corrected chi connectivity index (χ4v) is 6.94. The standard InChI is InChI=1S/C24H25N3O3S2/c1-17-22(31-23(25-17)19-6-3-2-4-7-19)24(28)26-12-14-27(15-13-26)32(29,30)21-11-10-18-8-5-9-20(18)16-21/h2-4,6-7,10-11,16H,5,8-9,12-15H2,1H3. The summed E-state index contributed by atoms with van der Waals surface area (Å²) in [6.45, 7) is 3.20. The summed E-state index contributed by atoms with van der Waals surface area (Å²) in [7, 11) is -3.55. The maximum Gasteiger partial charge on any atom is 0.265 e. The van der Waals surface area contributed by atoms with Gasteiger partial charge in [0.1, 0.15) is 9.88 Å². The van der Waals surface area contributed by atoms with Crippen LogP contribution in [0.25, 0.3) is 10.6 Å². The molecule has 0 unspecified atom stereocenters. The third-order valence-electron chi connectivity index (χ3n) is 6.25. The first-order valence-corrected chi connectivity index (χ1v) is 13.1. The van der Waals surface area contributed by atoms with Gasteiger partial charge in [-0.1, -0.05) is 36.4 Å². The SMILES string of the molecule is Cc1nc(-c2ccccc2)sc1C(=O)N1CCN(S(=O)(=O)c2ccc3c(c2)CCC3)CC1. The summed E-state index contributed by atoms with van der Waals surface area (Å²) >= 11 is 1.39. The number of carbonyl (C=O) groups is 1. The second kappa shape index (κ2) is 8.42. The zero-order valence-corrected chi connectivity index (χ0v) is 19.6. The highest BCUT2D eigenvalue weighted by Gasteiger charge is 2.32. The lowest BCUT2D eigenvalue weighted by molar-refractivity contribution is 0.0702. The highest BCUT2D eigenvalue weighted by atomic mass is 32.2. The van der Waals surface area contributed by atoms with Gasteiger partial charge in [0, 0.05) is 31.7 Å². The third-order valence-corrected chi connectivity index (χ3v) is 9.33. The molecule has 1 saturated heterocycles. The quantitative estimate of drug-likeness (QED) is 0.586. The Morgan fingerprint density at radius 1 is 0.969 bits per heavy atom. The number of nitrogens with zero attached hydrogens (tertiary/aromatic N) is 3. The van der Waals surface area contributed by atoms with Crippen molar-refractivity contribution in [1.82, 2.24) is 14.2 Å². The van der Waals surface area contributed by atoms with Gasteiger partial charge < -0.3 is 4.90 Å². The summed E-state index contributed by atoms with van der Waals surface area (Å²) in [5.74, 6) is -0.0724. The Bertz CT molecular complexity index is 1260. The highest BCUT2D eigenvalue weighted by molar-refractivity contribution is 7.89. The van der Waals surface area contributed by atoms with Gasteiger partial charge in [-0.2, -0.15) is 4.31 Å². The van der Waals surface area contributed by atoms with E-state index in [1.54, 1.807) is 11.0 Å². The van der Waals surface area contributed by atoms with E-state index in [1.807, 2.05) is 49.4 Å². The van der Waals surface area contributed by atoms with Gasteiger partial charge in [0.05, 0.1) is 10.6 Å². The first kappa shape index (κ1) is 21.3. The Kier molecular flexibility index (Phi) is 5.61. The Balaban J connectivity index is 1.29. The van der Waals surface area contributed by atoms with Gasteiger partial charge in [0.2, 0.25) is 10.0 Å². The van der Waals surface area contributed by atoms with Crippen molar-refractivity contribution in [2.24, 2.45) is 0 Å². The van der Waals surface area contributed by atoms with Crippen molar-refractivity contribution in [1.29, 1.82) is 0 Å². The molecule has 3 aromatic rings. The molecule has 1 aromatic heterocycles. The van der Waals surface area contributed by atoms with E-state index in [0.717, 1.165) is 35.4 Å². The van der Waals surface area contributed by atoms with E-state index in [2.05, 4.69) is 4.98 Å². The van der Waals surface area contributed by atoms with Crippen molar-refractivity contribution in [2.75, 3.05) is 26.2 Å². The van der Waals surface area contributed by atoms with E-state index < -0.39 is 10.0 Å². The molecule has 1 aliphatic heterocycles. The van der Waals surface area contributed by atoms with Gasteiger partial charge in [-0.3, -0.25) is 4.79 Å². The number of piperazine rings is 1. The van der Waals surface area contributed by atoms with E-state index in [-0.39, 0.29) is 5.91 Å². The third kappa shape index (κ3) is 3.87. The molecule has 0 spiro atoms. The predicted molar refractivity (Wildman–Crippen MR) is 125 cm³/mol. The number of thiazole rings is 1. The highest BCUT2D eigenvalue weighted by Crippen LogP contribution is 2.30. The van der Waals surface area contributed by atoms with Crippen molar-refractivity contribution < 1.29 is 13.2 Å². The topological polar surface area (TPSA) is 70.6 Å². The molecule has 6 nitrogen and oxygen atoms in total. The van der Waals surface area contributed by atoms with E-state index in [4.69, 9.17) is 0 Å². The van der Waals surface area contributed by atoms with Crippen LogP contribution in [0.2, 0.25) is 0 Å². The molecule has 1 amide bonds. The summed E-state index contributed by atoms with van der Waals surface area (Å²) < 4.78 is 27.8. The van der Waals surface area contributed by atoms with Crippen LogP contribution in [0.5, 0.6) is 0 Å². The van der Waals surface area contributed by atoms with Crippen LogP contribution in [0, 0.1) is 6.92 Å². The Hall–Kier alpha value is -2.55. The minimum absolute atomic E-state index is 0.0724. The molecule has 1 fully saturated rings. The van der Waals surface area contributed by atoms with Crippen LogP contribution in [-0.2, 0) is 22.9 Å². The Labute approximate surface area is 192 Å². The number of aromatic nitrogens is 1. The van der Waals surface area contributed by atoms with Gasteiger partial charge in [-0.25, -0.2) is 13.4 Å². The molecule has 1 aliphatic carbocycles. The van der Waals surface area contributed by atoms with Crippen molar-refractivity contribution in [3.8, 4) is 10.6 Å². The maximum atomic E-state index is 13.2. The van der Waals surface area contributed by atoms with Crippen molar-refractivity contribution in [2.45, 2.75) is 31.1 Å². The zero-order chi connectivity index (χ0) is 22.3. The largest absolute Gasteiger partial charge is 0.335 e. The smallest absolute Gasteiger partial charge is 0.265 e. The average Bonchev–Trinajstić information content (AvgIpc) is 3.45. The first-order valence-electron chi connectivity index (χ1n) is 10.9. The Morgan fingerprint density at radius 2 is 1.69 bits per heavy atom. The van der Waals surface area contributed by atoms with E-state index in [0.29, 0.717) is 41.6 Å². The van der Waals surface area contributed by atoms with Crippen molar-refractivity contribution in [3.05, 3.63) is 70.2 Å². The number of rotatable bonds is 4. The van der Waals surface area contributed by atoms with Gasteiger partial charge in [-0.05, 0) is 49.4 Å². The van der Waals surface area contributed by atoms with Crippen molar-refractivity contribution in [3.63, 3.8) is 0 Å². The van der Waals surface area contributed by atoms with Crippen LogP contribution in [-0.4, -0.2) is 54.7 Å². The monoisotopic (exact) mass is 467 g/mol. The lowest BCUT2D eigenvalue weighted by Gasteiger charge is -2.34.